The van der Waals surface area contributed by atoms with Gasteiger partial charge >= 0.3 is 5.97 Å². The second-order valence-corrected chi connectivity index (χ2v) is 11.5. The van der Waals surface area contributed by atoms with Crippen LogP contribution in [0, 0.1) is 40.4 Å². The van der Waals surface area contributed by atoms with E-state index in [2.05, 4.69) is 13.8 Å². The third-order valence-electron chi connectivity index (χ3n) is 9.80. The summed E-state index contributed by atoms with van der Waals surface area (Å²) >= 11 is 0. The van der Waals surface area contributed by atoms with Crippen molar-refractivity contribution in [3.05, 3.63) is 0 Å². The van der Waals surface area contributed by atoms with Crippen molar-refractivity contribution in [1.29, 1.82) is 0 Å². The first-order valence-corrected chi connectivity index (χ1v) is 11.5. The van der Waals surface area contributed by atoms with Crippen molar-refractivity contribution in [3.63, 3.8) is 0 Å². The van der Waals surface area contributed by atoms with Crippen LogP contribution < -0.4 is 0 Å². The van der Waals surface area contributed by atoms with Crippen molar-refractivity contribution in [2.45, 2.75) is 104 Å². The standard InChI is InChI=1S/C24H40O3/c1-15(25)27-17-10-12-23(4)16(14-17)6-7-18-19-8-9-21(22(2,3)26)24(19,5)13-11-20(18)23/h16-21,26H,6-14H2,1-5H3/t16-,17-,18-,19-,20-,21+,23-,24-/m0/s1. The van der Waals surface area contributed by atoms with Crippen LogP contribution in [0.2, 0.25) is 0 Å². The second-order valence-electron chi connectivity index (χ2n) is 11.5. The number of rotatable bonds is 2. The molecule has 8 atom stereocenters. The number of ether oxygens (including phenoxy) is 1. The minimum absolute atomic E-state index is 0.116. The minimum atomic E-state index is -0.556. The van der Waals surface area contributed by atoms with Crippen LogP contribution in [0.15, 0.2) is 0 Å². The number of hydrogen-bond acceptors (Lipinski definition) is 3. The molecule has 154 valence electrons. The van der Waals surface area contributed by atoms with E-state index in [9.17, 15) is 9.90 Å². The Bertz CT molecular complexity index is 593. The minimum Gasteiger partial charge on any atom is -0.463 e. The van der Waals surface area contributed by atoms with Gasteiger partial charge in [-0.3, -0.25) is 4.79 Å². The van der Waals surface area contributed by atoms with Crippen molar-refractivity contribution in [1.82, 2.24) is 0 Å². The lowest BCUT2D eigenvalue weighted by Crippen LogP contribution is -2.55. The quantitative estimate of drug-likeness (QED) is 0.661. The van der Waals surface area contributed by atoms with Gasteiger partial charge in [0.15, 0.2) is 0 Å². The normalized spacial score (nSPS) is 49.7. The Morgan fingerprint density at radius 2 is 1.63 bits per heavy atom. The predicted octanol–water partition coefficient (Wildman–Crippen LogP) is 5.35. The van der Waals surface area contributed by atoms with E-state index in [1.54, 1.807) is 6.92 Å². The van der Waals surface area contributed by atoms with E-state index in [0.717, 1.165) is 30.6 Å². The molecule has 0 heterocycles. The van der Waals surface area contributed by atoms with Gasteiger partial charge in [-0.05, 0) is 112 Å². The van der Waals surface area contributed by atoms with Crippen LogP contribution in [0.25, 0.3) is 0 Å². The van der Waals surface area contributed by atoms with E-state index in [1.807, 2.05) is 13.8 Å². The van der Waals surface area contributed by atoms with Gasteiger partial charge in [0.05, 0.1) is 5.60 Å². The number of carbonyl (C=O) groups is 1. The summed E-state index contributed by atoms with van der Waals surface area (Å²) in [5.41, 5.74) is 0.185. The van der Waals surface area contributed by atoms with E-state index in [0.29, 0.717) is 22.7 Å². The number of fused-ring (bicyclic) bond motifs is 5. The summed E-state index contributed by atoms with van der Waals surface area (Å²) in [5, 5.41) is 10.8. The third-order valence-corrected chi connectivity index (χ3v) is 9.80. The molecule has 0 radical (unpaired) electrons. The Labute approximate surface area is 165 Å². The summed E-state index contributed by atoms with van der Waals surface area (Å²) in [6.07, 6.45) is 11.3. The second kappa shape index (κ2) is 6.47. The summed E-state index contributed by atoms with van der Waals surface area (Å²) in [6, 6.07) is 0. The maximum atomic E-state index is 11.4. The number of esters is 1. The molecule has 3 heteroatoms. The van der Waals surface area contributed by atoms with Gasteiger partial charge in [-0.1, -0.05) is 13.8 Å². The fourth-order valence-corrected chi connectivity index (χ4v) is 8.72. The highest BCUT2D eigenvalue weighted by molar-refractivity contribution is 5.66. The molecule has 0 aromatic carbocycles. The fourth-order valence-electron chi connectivity index (χ4n) is 8.72. The predicted molar refractivity (Wildman–Crippen MR) is 107 cm³/mol. The van der Waals surface area contributed by atoms with Gasteiger partial charge in [0.1, 0.15) is 6.10 Å². The molecule has 0 aromatic rings. The molecule has 4 saturated carbocycles. The molecule has 4 fully saturated rings. The SMILES string of the molecule is CC(=O)O[C@H]1CC[C@@]2(C)[C@@H](CC[C@@H]3[C@@H]2CC[C@]2(C)[C@@H](C(C)(C)O)CC[C@@H]32)C1. The van der Waals surface area contributed by atoms with Crippen molar-refractivity contribution in [3.8, 4) is 0 Å². The van der Waals surface area contributed by atoms with Crippen molar-refractivity contribution in [2.24, 2.45) is 40.4 Å². The van der Waals surface area contributed by atoms with Gasteiger partial charge in [0, 0.05) is 6.92 Å². The van der Waals surface area contributed by atoms with E-state index < -0.39 is 5.60 Å². The molecular weight excluding hydrogens is 336 g/mol. The third kappa shape index (κ3) is 3.07. The van der Waals surface area contributed by atoms with Crippen LogP contribution in [-0.2, 0) is 9.53 Å². The number of hydrogen-bond donors (Lipinski definition) is 1. The van der Waals surface area contributed by atoms with E-state index in [1.165, 1.54) is 44.9 Å². The highest BCUT2D eigenvalue weighted by atomic mass is 16.5. The molecule has 0 saturated heterocycles. The van der Waals surface area contributed by atoms with Crippen molar-refractivity contribution in [2.75, 3.05) is 0 Å². The maximum Gasteiger partial charge on any atom is 0.302 e. The fraction of sp³-hybridized carbons (Fsp3) is 0.958. The Morgan fingerprint density at radius 1 is 0.963 bits per heavy atom. The average molecular weight is 377 g/mol. The molecule has 4 aliphatic rings. The smallest absolute Gasteiger partial charge is 0.302 e. The molecule has 3 nitrogen and oxygen atoms in total. The summed E-state index contributed by atoms with van der Waals surface area (Å²) in [6.45, 7) is 10.7. The van der Waals surface area contributed by atoms with E-state index in [4.69, 9.17) is 4.74 Å². The van der Waals surface area contributed by atoms with Crippen LogP contribution in [0.4, 0.5) is 0 Å². The Balaban J connectivity index is 1.54. The Hall–Kier alpha value is -0.570. The first-order chi connectivity index (χ1) is 12.6. The highest BCUT2D eigenvalue weighted by Gasteiger charge is 2.61. The number of aliphatic hydroxyl groups is 1. The summed E-state index contributed by atoms with van der Waals surface area (Å²) in [7, 11) is 0. The lowest BCUT2D eigenvalue weighted by Gasteiger charge is -2.61. The molecule has 0 aliphatic heterocycles. The zero-order chi connectivity index (χ0) is 19.6. The maximum absolute atomic E-state index is 11.4. The van der Waals surface area contributed by atoms with Crippen LogP contribution in [0.3, 0.4) is 0 Å². The van der Waals surface area contributed by atoms with Gasteiger partial charge in [-0.25, -0.2) is 0 Å². The molecule has 0 spiro atoms. The molecule has 0 amide bonds. The van der Waals surface area contributed by atoms with Gasteiger partial charge in [-0.2, -0.15) is 0 Å². The summed E-state index contributed by atoms with van der Waals surface area (Å²) in [5.74, 6) is 3.50. The van der Waals surface area contributed by atoms with Crippen LogP contribution in [0.5, 0.6) is 0 Å². The van der Waals surface area contributed by atoms with Gasteiger partial charge in [-0.15, -0.1) is 0 Å². The number of carbonyl (C=O) groups excluding carboxylic acids is 1. The lowest BCUT2D eigenvalue weighted by molar-refractivity contribution is -0.163. The topological polar surface area (TPSA) is 46.5 Å². The van der Waals surface area contributed by atoms with Crippen LogP contribution in [0.1, 0.15) is 92.4 Å². The van der Waals surface area contributed by atoms with Crippen molar-refractivity contribution < 1.29 is 14.6 Å². The lowest BCUT2D eigenvalue weighted by atomic mass is 9.44. The molecule has 0 aromatic heterocycles. The molecule has 27 heavy (non-hydrogen) atoms. The molecule has 0 unspecified atom stereocenters. The first-order valence-electron chi connectivity index (χ1n) is 11.5. The van der Waals surface area contributed by atoms with Gasteiger partial charge in [0.2, 0.25) is 0 Å². The van der Waals surface area contributed by atoms with Crippen LogP contribution in [-0.4, -0.2) is 22.8 Å². The Morgan fingerprint density at radius 3 is 2.30 bits per heavy atom. The highest BCUT2D eigenvalue weighted by Crippen LogP contribution is 2.68. The molecule has 1 N–H and O–H groups in total. The Kier molecular flexibility index (Phi) is 4.73. The zero-order valence-electron chi connectivity index (χ0n) is 18.1. The van der Waals surface area contributed by atoms with Crippen LogP contribution >= 0.6 is 0 Å². The molecule has 4 aliphatic carbocycles. The zero-order valence-corrected chi connectivity index (χ0v) is 18.1. The summed E-state index contributed by atoms with van der Waals surface area (Å²) in [4.78, 5) is 11.4. The molecular formula is C24H40O3. The van der Waals surface area contributed by atoms with Gasteiger partial charge < -0.3 is 9.84 Å². The monoisotopic (exact) mass is 376 g/mol. The molecule has 4 rings (SSSR count). The summed E-state index contributed by atoms with van der Waals surface area (Å²) < 4.78 is 5.59. The first kappa shape index (κ1) is 19.7. The average Bonchev–Trinajstić information content (AvgIpc) is 2.92. The van der Waals surface area contributed by atoms with Crippen molar-refractivity contribution >= 4 is 5.97 Å². The largest absolute Gasteiger partial charge is 0.463 e. The van der Waals surface area contributed by atoms with E-state index in [-0.39, 0.29) is 12.1 Å². The molecule has 0 bridgehead atoms. The van der Waals surface area contributed by atoms with Gasteiger partial charge in [0.25, 0.3) is 0 Å². The van der Waals surface area contributed by atoms with E-state index >= 15 is 0 Å².